The van der Waals surface area contributed by atoms with Gasteiger partial charge in [0, 0.05) is 38.2 Å². The smallest absolute Gasteiger partial charge is 0.227 e. The summed E-state index contributed by atoms with van der Waals surface area (Å²) in [7, 11) is 0. The number of aromatic amines is 1. The summed E-state index contributed by atoms with van der Waals surface area (Å²) in [4.78, 5) is 22.7. The van der Waals surface area contributed by atoms with Gasteiger partial charge in [0.15, 0.2) is 5.82 Å². The van der Waals surface area contributed by atoms with Crippen LogP contribution in [0.15, 0.2) is 16.9 Å². The van der Waals surface area contributed by atoms with Gasteiger partial charge in [-0.3, -0.25) is 4.79 Å². The van der Waals surface area contributed by atoms with Crippen molar-refractivity contribution in [2.45, 2.75) is 32.6 Å². The highest BCUT2D eigenvalue weighted by atomic mass is 16.5. The van der Waals surface area contributed by atoms with Crippen molar-refractivity contribution in [2.24, 2.45) is 0 Å². The van der Waals surface area contributed by atoms with Crippen LogP contribution >= 0.6 is 0 Å². The number of H-pyrrole nitrogens is 1. The molecule has 0 radical (unpaired) electrons. The molecular formula is C12H17N5O2. The zero-order valence-corrected chi connectivity index (χ0v) is 10.8. The number of carbonyl (C=O) groups is 1. The number of carbonyl (C=O) groups excluding carboxylic acids is 1. The second-order valence-electron chi connectivity index (χ2n) is 4.22. The summed E-state index contributed by atoms with van der Waals surface area (Å²) in [6.45, 7) is 2.39. The molecule has 0 aliphatic carbocycles. The van der Waals surface area contributed by atoms with Crippen molar-refractivity contribution in [2.75, 3.05) is 6.54 Å². The van der Waals surface area contributed by atoms with Crippen molar-refractivity contribution in [3.8, 4) is 0 Å². The van der Waals surface area contributed by atoms with Crippen molar-refractivity contribution in [3.63, 3.8) is 0 Å². The van der Waals surface area contributed by atoms with Crippen LogP contribution in [0.5, 0.6) is 0 Å². The van der Waals surface area contributed by atoms with E-state index in [9.17, 15) is 4.79 Å². The lowest BCUT2D eigenvalue weighted by atomic mass is 10.2. The van der Waals surface area contributed by atoms with Crippen molar-refractivity contribution in [1.82, 2.24) is 25.4 Å². The Bertz CT molecular complexity index is 506. The Morgan fingerprint density at radius 1 is 1.47 bits per heavy atom. The summed E-state index contributed by atoms with van der Waals surface area (Å²) >= 11 is 0. The minimum Gasteiger partial charge on any atom is -0.356 e. The molecule has 0 spiro atoms. The molecule has 2 aromatic rings. The molecule has 0 saturated heterocycles. The maximum atomic E-state index is 11.6. The lowest BCUT2D eigenvalue weighted by Crippen LogP contribution is -2.25. The molecule has 0 atom stereocenters. The molecule has 19 heavy (non-hydrogen) atoms. The molecule has 0 bridgehead atoms. The first-order valence-electron chi connectivity index (χ1n) is 6.28. The van der Waals surface area contributed by atoms with E-state index >= 15 is 0 Å². The Balaban J connectivity index is 1.57. The Hall–Kier alpha value is -2.18. The number of aryl methyl sites for hydroxylation is 3. The second-order valence-corrected chi connectivity index (χ2v) is 4.22. The summed E-state index contributed by atoms with van der Waals surface area (Å²) in [5.41, 5.74) is 0. The standard InChI is InChI=1S/C12H17N5O2/c1-9-16-12(19-17-9)5-4-11(18)15-6-2-3-10-13-7-8-14-10/h7-8H,2-6H2,1H3,(H,13,14)(H,15,18). The van der Waals surface area contributed by atoms with Crippen molar-refractivity contribution >= 4 is 5.91 Å². The minimum absolute atomic E-state index is 0.00435. The normalized spacial score (nSPS) is 10.6. The van der Waals surface area contributed by atoms with Crippen LogP contribution in [0.4, 0.5) is 0 Å². The zero-order chi connectivity index (χ0) is 13.5. The monoisotopic (exact) mass is 263 g/mol. The van der Waals surface area contributed by atoms with Crippen LogP contribution in [0.25, 0.3) is 0 Å². The molecule has 2 aromatic heterocycles. The lowest BCUT2D eigenvalue weighted by Gasteiger charge is -2.03. The molecule has 2 heterocycles. The largest absolute Gasteiger partial charge is 0.356 e. The predicted molar refractivity (Wildman–Crippen MR) is 67.3 cm³/mol. The van der Waals surface area contributed by atoms with Crippen LogP contribution in [0.3, 0.4) is 0 Å². The van der Waals surface area contributed by atoms with Crippen LogP contribution in [0.1, 0.15) is 30.4 Å². The summed E-state index contributed by atoms with van der Waals surface area (Å²) in [5, 5.41) is 6.52. The van der Waals surface area contributed by atoms with E-state index in [1.54, 1.807) is 19.3 Å². The minimum atomic E-state index is -0.00435. The Morgan fingerprint density at radius 3 is 3.05 bits per heavy atom. The summed E-state index contributed by atoms with van der Waals surface area (Å²) in [5.74, 6) is 2.03. The van der Waals surface area contributed by atoms with Gasteiger partial charge in [0.1, 0.15) is 5.82 Å². The maximum absolute atomic E-state index is 11.6. The molecule has 7 heteroatoms. The van der Waals surface area contributed by atoms with Gasteiger partial charge >= 0.3 is 0 Å². The van der Waals surface area contributed by atoms with E-state index in [-0.39, 0.29) is 5.91 Å². The fraction of sp³-hybridized carbons (Fsp3) is 0.500. The third-order valence-corrected chi connectivity index (χ3v) is 2.60. The average molecular weight is 263 g/mol. The number of hydrogen-bond donors (Lipinski definition) is 2. The molecule has 0 fully saturated rings. The van der Waals surface area contributed by atoms with Crippen LogP contribution in [-0.4, -0.2) is 32.6 Å². The van der Waals surface area contributed by atoms with E-state index in [1.807, 2.05) is 0 Å². The zero-order valence-electron chi connectivity index (χ0n) is 10.8. The number of aromatic nitrogens is 4. The second kappa shape index (κ2) is 6.67. The molecule has 0 aliphatic rings. The third kappa shape index (κ3) is 4.53. The molecule has 0 saturated carbocycles. The van der Waals surface area contributed by atoms with Gasteiger partial charge in [-0.2, -0.15) is 4.98 Å². The molecule has 0 unspecified atom stereocenters. The summed E-state index contributed by atoms with van der Waals surface area (Å²) < 4.78 is 4.94. The van der Waals surface area contributed by atoms with Gasteiger partial charge in [0.25, 0.3) is 0 Å². The first-order chi connectivity index (χ1) is 9.24. The Morgan fingerprint density at radius 2 is 2.37 bits per heavy atom. The molecule has 0 aromatic carbocycles. The van der Waals surface area contributed by atoms with Gasteiger partial charge in [0.2, 0.25) is 11.8 Å². The van der Waals surface area contributed by atoms with E-state index < -0.39 is 0 Å². The van der Waals surface area contributed by atoms with E-state index in [4.69, 9.17) is 4.52 Å². The highest BCUT2D eigenvalue weighted by molar-refractivity contribution is 5.75. The predicted octanol–water partition coefficient (Wildman–Crippen LogP) is 0.783. The Labute approximate surface area is 110 Å². The SMILES string of the molecule is Cc1noc(CCC(=O)NCCCc2ncc[nH]2)n1. The number of nitrogens with zero attached hydrogens (tertiary/aromatic N) is 3. The van der Waals surface area contributed by atoms with E-state index in [1.165, 1.54) is 0 Å². The molecule has 2 rings (SSSR count). The summed E-state index contributed by atoms with van der Waals surface area (Å²) in [6, 6.07) is 0. The van der Waals surface area contributed by atoms with Gasteiger partial charge in [-0.25, -0.2) is 4.98 Å². The fourth-order valence-electron chi connectivity index (χ4n) is 1.67. The topological polar surface area (TPSA) is 96.7 Å². The number of imidazole rings is 1. The number of nitrogens with one attached hydrogen (secondary N) is 2. The lowest BCUT2D eigenvalue weighted by molar-refractivity contribution is -0.121. The van der Waals surface area contributed by atoms with E-state index in [2.05, 4.69) is 25.4 Å². The van der Waals surface area contributed by atoms with Gasteiger partial charge in [-0.1, -0.05) is 5.16 Å². The van der Waals surface area contributed by atoms with E-state index in [0.29, 0.717) is 31.1 Å². The van der Waals surface area contributed by atoms with Crippen LogP contribution < -0.4 is 5.32 Å². The van der Waals surface area contributed by atoms with Crippen molar-refractivity contribution < 1.29 is 9.32 Å². The number of hydrogen-bond acceptors (Lipinski definition) is 5. The highest BCUT2D eigenvalue weighted by Crippen LogP contribution is 2.00. The van der Waals surface area contributed by atoms with Crippen molar-refractivity contribution in [1.29, 1.82) is 0 Å². The van der Waals surface area contributed by atoms with Gasteiger partial charge < -0.3 is 14.8 Å². The molecule has 102 valence electrons. The molecular weight excluding hydrogens is 246 g/mol. The summed E-state index contributed by atoms with van der Waals surface area (Å²) in [6.07, 6.45) is 6.04. The first kappa shape index (κ1) is 13.3. The highest BCUT2D eigenvalue weighted by Gasteiger charge is 2.06. The van der Waals surface area contributed by atoms with Gasteiger partial charge in [-0.15, -0.1) is 0 Å². The Kier molecular flexibility index (Phi) is 4.66. The van der Waals surface area contributed by atoms with Crippen LogP contribution in [0, 0.1) is 6.92 Å². The molecule has 1 amide bonds. The van der Waals surface area contributed by atoms with Crippen LogP contribution in [-0.2, 0) is 17.6 Å². The average Bonchev–Trinajstić information content (AvgIpc) is 3.03. The quantitative estimate of drug-likeness (QED) is 0.720. The molecule has 2 N–H and O–H groups in total. The maximum Gasteiger partial charge on any atom is 0.227 e. The van der Waals surface area contributed by atoms with Gasteiger partial charge in [0.05, 0.1) is 0 Å². The first-order valence-corrected chi connectivity index (χ1v) is 6.28. The van der Waals surface area contributed by atoms with Gasteiger partial charge in [-0.05, 0) is 13.3 Å². The van der Waals surface area contributed by atoms with E-state index in [0.717, 1.165) is 18.7 Å². The third-order valence-electron chi connectivity index (χ3n) is 2.60. The fourth-order valence-corrected chi connectivity index (χ4v) is 1.67. The molecule has 0 aliphatic heterocycles. The van der Waals surface area contributed by atoms with Crippen molar-refractivity contribution in [3.05, 3.63) is 29.9 Å². The number of rotatable bonds is 7. The molecule has 7 nitrogen and oxygen atoms in total. The van der Waals surface area contributed by atoms with Crippen LogP contribution in [0.2, 0.25) is 0 Å². The number of amides is 1.